The van der Waals surface area contributed by atoms with Gasteiger partial charge in [-0.25, -0.2) is 10.2 Å². The van der Waals surface area contributed by atoms with E-state index in [1.54, 1.807) is 54.6 Å². The summed E-state index contributed by atoms with van der Waals surface area (Å²) in [4.78, 5) is 36.2. The summed E-state index contributed by atoms with van der Waals surface area (Å²) in [5.41, 5.74) is 3.29. The number of carbonyl (C=O) groups is 3. The first-order chi connectivity index (χ1) is 15.9. The second kappa shape index (κ2) is 11.1. The Morgan fingerprint density at radius 3 is 2.33 bits per heavy atom. The van der Waals surface area contributed by atoms with E-state index in [4.69, 9.17) is 32.7 Å². The Morgan fingerprint density at radius 1 is 0.909 bits per heavy atom. The molecule has 0 aromatic heterocycles. The summed E-state index contributed by atoms with van der Waals surface area (Å²) in [5.74, 6) is -1.82. The van der Waals surface area contributed by atoms with E-state index < -0.39 is 17.8 Å². The fourth-order valence-electron chi connectivity index (χ4n) is 2.58. The number of ether oxygens (including phenoxy) is 2. The summed E-state index contributed by atoms with van der Waals surface area (Å²) in [6.07, 6.45) is 1.33. The molecule has 3 aromatic carbocycles. The molecule has 0 aliphatic carbocycles. The molecule has 0 fully saturated rings. The van der Waals surface area contributed by atoms with Gasteiger partial charge in [0.15, 0.2) is 0 Å². The Morgan fingerprint density at radius 2 is 1.64 bits per heavy atom. The average molecular weight is 486 g/mol. The second-order valence-electron chi connectivity index (χ2n) is 6.47. The number of hydrogen-bond donors (Lipinski definition) is 2. The topological polar surface area (TPSA) is 106 Å². The minimum absolute atomic E-state index is 0.247. The van der Waals surface area contributed by atoms with Gasteiger partial charge in [0, 0.05) is 10.0 Å². The van der Waals surface area contributed by atoms with Gasteiger partial charge in [-0.1, -0.05) is 29.3 Å². The molecular weight excluding hydrogens is 469 g/mol. The summed E-state index contributed by atoms with van der Waals surface area (Å²) in [6, 6.07) is 17.4. The number of amides is 2. The van der Waals surface area contributed by atoms with Crippen molar-refractivity contribution >= 4 is 52.9 Å². The molecule has 0 radical (unpaired) electrons. The molecule has 2 N–H and O–H groups in total. The molecule has 0 saturated carbocycles. The molecule has 168 valence electrons. The number of nitrogens with zero attached hydrogens (tertiary/aromatic N) is 1. The van der Waals surface area contributed by atoms with Crippen molar-refractivity contribution in [2.75, 3.05) is 12.4 Å². The summed E-state index contributed by atoms with van der Waals surface area (Å²) < 4.78 is 10.4. The van der Waals surface area contributed by atoms with Crippen LogP contribution in [0.25, 0.3) is 0 Å². The molecule has 0 saturated heterocycles. The molecule has 10 heteroatoms. The monoisotopic (exact) mass is 485 g/mol. The molecular formula is C23H17Cl2N3O5. The Balaban J connectivity index is 1.53. The maximum Gasteiger partial charge on any atom is 0.343 e. The predicted molar refractivity (Wildman–Crippen MR) is 125 cm³/mol. The zero-order valence-electron chi connectivity index (χ0n) is 17.2. The highest BCUT2D eigenvalue weighted by molar-refractivity contribution is 6.40. The van der Waals surface area contributed by atoms with Gasteiger partial charge in [0.2, 0.25) is 0 Å². The molecule has 3 aromatic rings. The molecule has 0 bridgehead atoms. The van der Waals surface area contributed by atoms with Crippen LogP contribution in [0.1, 0.15) is 15.9 Å². The van der Waals surface area contributed by atoms with Crippen molar-refractivity contribution in [3.8, 4) is 11.5 Å². The minimum Gasteiger partial charge on any atom is -0.495 e. The lowest BCUT2D eigenvalue weighted by atomic mass is 10.2. The number of anilines is 1. The Hall–Kier alpha value is -3.88. The van der Waals surface area contributed by atoms with Gasteiger partial charge in [-0.2, -0.15) is 5.10 Å². The number of methoxy groups -OCH3 is 1. The molecule has 0 aliphatic heterocycles. The van der Waals surface area contributed by atoms with E-state index >= 15 is 0 Å². The van der Waals surface area contributed by atoms with Crippen LogP contribution in [-0.4, -0.2) is 31.1 Å². The van der Waals surface area contributed by atoms with E-state index in [-0.39, 0.29) is 5.69 Å². The Labute approximate surface area is 199 Å². The second-order valence-corrected chi connectivity index (χ2v) is 7.34. The highest BCUT2D eigenvalue weighted by Crippen LogP contribution is 2.27. The number of carbonyl (C=O) groups excluding carboxylic acids is 3. The van der Waals surface area contributed by atoms with Gasteiger partial charge in [0.25, 0.3) is 0 Å². The SMILES string of the molecule is COc1ccc(Cl)cc1NC(=O)C(=O)N/N=C/c1ccc(OC(=O)c2cccc(Cl)c2)cc1. The van der Waals surface area contributed by atoms with Crippen LogP contribution in [0.15, 0.2) is 71.8 Å². The molecule has 8 nitrogen and oxygen atoms in total. The van der Waals surface area contributed by atoms with Crippen LogP contribution in [0.2, 0.25) is 10.0 Å². The van der Waals surface area contributed by atoms with Crippen LogP contribution in [0, 0.1) is 0 Å². The molecule has 33 heavy (non-hydrogen) atoms. The van der Waals surface area contributed by atoms with Gasteiger partial charge in [-0.15, -0.1) is 0 Å². The zero-order valence-corrected chi connectivity index (χ0v) is 18.7. The van der Waals surface area contributed by atoms with Crippen molar-refractivity contribution in [2.45, 2.75) is 0 Å². The van der Waals surface area contributed by atoms with Gasteiger partial charge >= 0.3 is 17.8 Å². The first kappa shape index (κ1) is 23.8. The van der Waals surface area contributed by atoms with E-state index in [0.29, 0.717) is 32.7 Å². The molecule has 0 spiro atoms. The standard InChI is InChI=1S/C23H17Cl2N3O5/c1-32-20-10-7-17(25)12-19(20)27-21(29)22(30)28-26-13-14-5-8-18(9-6-14)33-23(31)15-3-2-4-16(24)11-15/h2-13H,1H3,(H,27,29)(H,28,30)/b26-13+. The van der Waals surface area contributed by atoms with Crippen LogP contribution in [0.3, 0.4) is 0 Å². The predicted octanol–water partition coefficient (Wildman–Crippen LogP) is 4.31. The van der Waals surface area contributed by atoms with Crippen LogP contribution >= 0.6 is 23.2 Å². The van der Waals surface area contributed by atoms with Gasteiger partial charge < -0.3 is 14.8 Å². The van der Waals surface area contributed by atoms with Crippen molar-refractivity contribution in [3.05, 3.63) is 87.9 Å². The third-order valence-corrected chi connectivity index (χ3v) is 4.62. The van der Waals surface area contributed by atoms with E-state index in [0.717, 1.165) is 0 Å². The highest BCUT2D eigenvalue weighted by Gasteiger charge is 2.15. The van der Waals surface area contributed by atoms with Gasteiger partial charge in [0.05, 0.1) is 24.6 Å². The van der Waals surface area contributed by atoms with Gasteiger partial charge in [-0.3, -0.25) is 9.59 Å². The lowest BCUT2D eigenvalue weighted by Crippen LogP contribution is -2.32. The fourth-order valence-corrected chi connectivity index (χ4v) is 2.94. The van der Waals surface area contributed by atoms with Crippen LogP contribution < -0.4 is 20.2 Å². The zero-order chi connectivity index (χ0) is 23.8. The molecule has 2 amide bonds. The van der Waals surface area contributed by atoms with Crippen molar-refractivity contribution in [3.63, 3.8) is 0 Å². The third-order valence-electron chi connectivity index (χ3n) is 4.15. The highest BCUT2D eigenvalue weighted by atomic mass is 35.5. The van der Waals surface area contributed by atoms with Gasteiger partial charge in [0.1, 0.15) is 11.5 Å². The average Bonchev–Trinajstić information content (AvgIpc) is 2.80. The summed E-state index contributed by atoms with van der Waals surface area (Å²) >= 11 is 11.8. The van der Waals surface area contributed by atoms with E-state index in [2.05, 4.69) is 15.8 Å². The van der Waals surface area contributed by atoms with Crippen molar-refractivity contribution in [2.24, 2.45) is 5.10 Å². The molecule has 0 unspecified atom stereocenters. The number of hydrogen-bond acceptors (Lipinski definition) is 6. The van der Waals surface area contributed by atoms with Gasteiger partial charge in [-0.05, 0) is 66.2 Å². The van der Waals surface area contributed by atoms with E-state index in [1.807, 2.05) is 0 Å². The smallest absolute Gasteiger partial charge is 0.343 e. The normalized spacial score (nSPS) is 10.5. The van der Waals surface area contributed by atoms with Crippen LogP contribution in [0.5, 0.6) is 11.5 Å². The lowest BCUT2D eigenvalue weighted by Gasteiger charge is -2.09. The lowest BCUT2D eigenvalue weighted by molar-refractivity contribution is -0.136. The molecule has 3 rings (SSSR count). The molecule has 0 atom stereocenters. The fraction of sp³-hybridized carbons (Fsp3) is 0.0435. The number of halogens is 2. The minimum atomic E-state index is -0.986. The van der Waals surface area contributed by atoms with Crippen LogP contribution in [-0.2, 0) is 9.59 Å². The number of rotatable bonds is 6. The van der Waals surface area contributed by atoms with Crippen molar-refractivity contribution < 1.29 is 23.9 Å². The maximum absolute atomic E-state index is 12.1. The largest absolute Gasteiger partial charge is 0.495 e. The maximum atomic E-state index is 12.1. The van der Waals surface area contributed by atoms with Crippen molar-refractivity contribution in [1.29, 1.82) is 0 Å². The Bertz CT molecular complexity index is 1210. The number of nitrogens with one attached hydrogen (secondary N) is 2. The quantitative estimate of drug-likeness (QED) is 0.178. The Kier molecular flexibility index (Phi) is 8.01. The number of esters is 1. The summed E-state index contributed by atoms with van der Waals surface area (Å²) in [7, 11) is 1.42. The number of hydrazone groups is 1. The first-order valence-electron chi connectivity index (χ1n) is 9.41. The van der Waals surface area contributed by atoms with E-state index in [1.165, 1.54) is 25.5 Å². The first-order valence-corrected chi connectivity index (χ1v) is 10.2. The number of benzene rings is 3. The third kappa shape index (κ3) is 6.80. The van der Waals surface area contributed by atoms with Crippen molar-refractivity contribution in [1.82, 2.24) is 5.43 Å². The van der Waals surface area contributed by atoms with Crippen LogP contribution in [0.4, 0.5) is 5.69 Å². The van der Waals surface area contributed by atoms with E-state index in [9.17, 15) is 14.4 Å². The summed E-state index contributed by atoms with van der Waals surface area (Å²) in [6.45, 7) is 0. The molecule has 0 heterocycles. The molecule has 0 aliphatic rings. The summed E-state index contributed by atoms with van der Waals surface area (Å²) in [5, 5.41) is 6.95.